The van der Waals surface area contributed by atoms with Crippen molar-refractivity contribution in [2.75, 3.05) is 14.2 Å². The number of hydrogen-bond acceptors (Lipinski definition) is 3. The van der Waals surface area contributed by atoms with Crippen molar-refractivity contribution in [3.05, 3.63) is 30.3 Å². The van der Waals surface area contributed by atoms with Crippen molar-refractivity contribution < 1.29 is 8.85 Å². The number of unbranched alkanes of at least 4 members (excludes halogenated alkanes) is 4. The van der Waals surface area contributed by atoms with Gasteiger partial charge in [-0.2, -0.15) is 12.6 Å². The predicted molar refractivity (Wildman–Crippen MR) is 92.0 cm³/mol. The van der Waals surface area contributed by atoms with Crippen LogP contribution in [0.25, 0.3) is 0 Å². The number of benzene rings is 1. The van der Waals surface area contributed by atoms with Gasteiger partial charge < -0.3 is 8.85 Å². The van der Waals surface area contributed by atoms with Gasteiger partial charge in [-0.3, -0.25) is 0 Å². The second-order valence-electron chi connectivity index (χ2n) is 5.16. The molecule has 0 aliphatic heterocycles. The van der Waals surface area contributed by atoms with Gasteiger partial charge in [-0.05, 0) is 11.6 Å². The van der Waals surface area contributed by atoms with E-state index in [2.05, 4.69) is 19.1 Å². The van der Waals surface area contributed by atoms with Gasteiger partial charge in [0.05, 0.1) is 0 Å². The summed E-state index contributed by atoms with van der Waals surface area (Å²) in [5, 5.41) is 1.17. The molecule has 0 heterocycles. The highest BCUT2D eigenvalue weighted by Crippen LogP contribution is 2.22. The van der Waals surface area contributed by atoms with E-state index < -0.39 is 8.56 Å². The van der Waals surface area contributed by atoms with Crippen LogP contribution in [0.5, 0.6) is 0 Å². The SMILES string of the molecule is CCCCCCCC(S)[Si](OC)(OC)c1ccccc1. The minimum absolute atomic E-state index is 0.168. The van der Waals surface area contributed by atoms with Crippen molar-refractivity contribution in [1.29, 1.82) is 0 Å². The lowest BCUT2D eigenvalue weighted by molar-refractivity contribution is 0.253. The largest absolute Gasteiger partial charge is 0.394 e. The van der Waals surface area contributed by atoms with Crippen LogP contribution >= 0.6 is 12.6 Å². The Hall–Kier alpha value is -0.293. The molecule has 0 fully saturated rings. The number of thiol groups is 1. The molecule has 2 nitrogen and oxygen atoms in total. The quantitative estimate of drug-likeness (QED) is 0.402. The van der Waals surface area contributed by atoms with Crippen LogP contribution in [0, 0.1) is 0 Å². The first-order valence-corrected chi connectivity index (χ1v) is 9.96. The van der Waals surface area contributed by atoms with Gasteiger partial charge in [0.1, 0.15) is 0 Å². The van der Waals surface area contributed by atoms with E-state index in [0.29, 0.717) is 0 Å². The molecule has 0 aliphatic carbocycles. The highest BCUT2D eigenvalue weighted by molar-refractivity contribution is 7.83. The summed E-state index contributed by atoms with van der Waals surface area (Å²) in [4.78, 5) is 0.168. The van der Waals surface area contributed by atoms with E-state index in [1.54, 1.807) is 14.2 Å². The Morgan fingerprint density at radius 2 is 1.60 bits per heavy atom. The summed E-state index contributed by atoms with van der Waals surface area (Å²) in [7, 11) is 1.08. The first-order chi connectivity index (χ1) is 9.71. The van der Waals surface area contributed by atoms with Gasteiger partial charge in [-0.15, -0.1) is 0 Å². The fourth-order valence-corrected chi connectivity index (χ4v) is 6.66. The zero-order chi connectivity index (χ0) is 14.8. The van der Waals surface area contributed by atoms with Crippen LogP contribution in [0.2, 0.25) is 0 Å². The molecule has 0 radical (unpaired) electrons. The summed E-state index contributed by atoms with van der Waals surface area (Å²) < 4.78 is 11.7. The summed E-state index contributed by atoms with van der Waals surface area (Å²) in [6.45, 7) is 2.24. The van der Waals surface area contributed by atoms with Crippen molar-refractivity contribution in [3.8, 4) is 0 Å². The fraction of sp³-hybridized carbons (Fsp3) is 0.625. The van der Waals surface area contributed by atoms with E-state index in [1.165, 1.54) is 37.3 Å². The van der Waals surface area contributed by atoms with Gasteiger partial charge in [-0.1, -0.05) is 69.4 Å². The van der Waals surface area contributed by atoms with Crippen LogP contribution in [0.3, 0.4) is 0 Å². The second-order valence-corrected chi connectivity index (χ2v) is 9.70. The third-order valence-electron chi connectivity index (χ3n) is 3.80. The first kappa shape index (κ1) is 17.8. The van der Waals surface area contributed by atoms with Crippen LogP contribution < -0.4 is 5.19 Å². The smallest absolute Gasteiger partial charge is 0.385 e. The van der Waals surface area contributed by atoms with E-state index >= 15 is 0 Å². The van der Waals surface area contributed by atoms with Crippen LogP contribution in [-0.4, -0.2) is 27.7 Å². The van der Waals surface area contributed by atoms with Gasteiger partial charge in [0.25, 0.3) is 0 Å². The Bertz CT molecular complexity index is 355. The van der Waals surface area contributed by atoms with E-state index in [-0.39, 0.29) is 4.87 Å². The van der Waals surface area contributed by atoms with Gasteiger partial charge >= 0.3 is 8.56 Å². The zero-order valence-corrected chi connectivity index (χ0v) is 14.9. The molecule has 0 saturated heterocycles. The van der Waals surface area contributed by atoms with Crippen molar-refractivity contribution in [3.63, 3.8) is 0 Å². The molecule has 0 aromatic heterocycles. The molecule has 1 atom stereocenters. The molecule has 0 spiro atoms. The van der Waals surface area contributed by atoms with Crippen LogP contribution in [0.1, 0.15) is 45.4 Å². The third-order valence-corrected chi connectivity index (χ3v) is 8.60. The maximum Gasteiger partial charge on any atom is 0.385 e. The topological polar surface area (TPSA) is 18.5 Å². The van der Waals surface area contributed by atoms with Crippen molar-refractivity contribution in [2.24, 2.45) is 0 Å². The Balaban J connectivity index is 2.65. The highest BCUT2D eigenvalue weighted by atomic mass is 32.1. The third kappa shape index (κ3) is 4.62. The Labute approximate surface area is 130 Å². The molecule has 0 aliphatic rings. The molecule has 1 rings (SSSR count). The minimum atomic E-state index is -2.43. The first-order valence-electron chi connectivity index (χ1n) is 7.55. The van der Waals surface area contributed by atoms with Crippen LogP contribution in [0.4, 0.5) is 0 Å². The van der Waals surface area contributed by atoms with Crippen molar-refractivity contribution in [2.45, 2.75) is 50.3 Å². The second kappa shape index (κ2) is 9.61. The van der Waals surface area contributed by atoms with E-state index in [4.69, 9.17) is 21.5 Å². The van der Waals surface area contributed by atoms with Crippen molar-refractivity contribution in [1.82, 2.24) is 0 Å². The maximum absolute atomic E-state index is 5.85. The van der Waals surface area contributed by atoms with Crippen LogP contribution in [-0.2, 0) is 8.85 Å². The molecular weight excluding hydrogens is 284 g/mol. The monoisotopic (exact) mass is 312 g/mol. The highest BCUT2D eigenvalue weighted by Gasteiger charge is 2.44. The minimum Gasteiger partial charge on any atom is -0.394 e. The van der Waals surface area contributed by atoms with Gasteiger partial charge in [0, 0.05) is 19.1 Å². The molecular formula is C16H28O2SSi. The Morgan fingerprint density at radius 1 is 1.00 bits per heavy atom. The summed E-state index contributed by atoms with van der Waals surface area (Å²) in [6.07, 6.45) is 7.45. The van der Waals surface area contributed by atoms with Gasteiger partial charge in [-0.25, -0.2) is 0 Å². The Kier molecular flexibility index (Phi) is 8.53. The van der Waals surface area contributed by atoms with Crippen LogP contribution in [0.15, 0.2) is 30.3 Å². The molecule has 4 heteroatoms. The predicted octanol–water partition coefficient (Wildman–Crippen LogP) is 3.83. The Morgan fingerprint density at radius 3 is 2.15 bits per heavy atom. The number of hydrogen-bond donors (Lipinski definition) is 1. The molecule has 114 valence electrons. The maximum atomic E-state index is 5.85. The molecule has 1 aromatic carbocycles. The lowest BCUT2D eigenvalue weighted by Gasteiger charge is -2.32. The molecule has 0 saturated carbocycles. The van der Waals surface area contributed by atoms with E-state index in [0.717, 1.165) is 6.42 Å². The lowest BCUT2D eigenvalue weighted by atomic mass is 10.1. The molecule has 0 N–H and O–H groups in total. The van der Waals surface area contributed by atoms with Gasteiger partial charge in [0.15, 0.2) is 0 Å². The molecule has 0 bridgehead atoms. The van der Waals surface area contributed by atoms with Gasteiger partial charge in [0.2, 0.25) is 0 Å². The fourth-order valence-electron chi connectivity index (χ4n) is 2.59. The molecule has 0 amide bonds. The average molecular weight is 313 g/mol. The van der Waals surface area contributed by atoms with E-state index in [9.17, 15) is 0 Å². The lowest BCUT2D eigenvalue weighted by Crippen LogP contribution is -2.60. The van der Waals surface area contributed by atoms with E-state index in [1.807, 2.05) is 18.2 Å². The molecule has 20 heavy (non-hydrogen) atoms. The standard InChI is InChI=1S/C16H28O2SSi/c1-4-5-6-7-11-14-16(19)20(17-2,18-3)15-12-9-8-10-13-15/h8-10,12-13,16,19H,4-7,11,14H2,1-3H3. The summed E-state index contributed by atoms with van der Waals surface area (Å²) in [6, 6.07) is 10.3. The zero-order valence-electron chi connectivity index (χ0n) is 13.0. The normalized spacial score (nSPS) is 13.4. The number of rotatable bonds is 10. The molecule has 1 unspecified atom stereocenters. The summed E-state index contributed by atoms with van der Waals surface area (Å²) in [5.74, 6) is 0. The summed E-state index contributed by atoms with van der Waals surface area (Å²) in [5.41, 5.74) is 0. The van der Waals surface area contributed by atoms with Crippen molar-refractivity contribution >= 4 is 26.4 Å². The molecule has 1 aromatic rings. The summed E-state index contributed by atoms with van der Waals surface area (Å²) >= 11 is 4.82. The average Bonchev–Trinajstić information content (AvgIpc) is 2.50.